The minimum Gasteiger partial charge on any atom is -0.466 e. The Morgan fingerprint density at radius 3 is 2.64 bits per heavy atom. The average molecular weight is 387 g/mol. The molecular weight excluding hydrogens is 352 g/mol. The number of amides is 1. The summed E-state index contributed by atoms with van der Waals surface area (Å²) in [6.45, 7) is 12.6. The van der Waals surface area contributed by atoms with E-state index in [-0.39, 0.29) is 5.91 Å². The SMILES string of the molecule is Cc1cc(C)n(CC(=O)NCC2CCN(CCC(C)c3ccc(C)o3)CC2)n1. The predicted octanol–water partition coefficient (Wildman–Crippen LogP) is 3.42. The van der Waals surface area contributed by atoms with Crippen LogP contribution < -0.4 is 5.32 Å². The van der Waals surface area contributed by atoms with Crippen LogP contribution in [0.2, 0.25) is 0 Å². The van der Waals surface area contributed by atoms with E-state index >= 15 is 0 Å². The molecule has 6 heteroatoms. The van der Waals surface area contributed by atoms with Crippen LogP contribution in [0.25, 0.3) is 0 Å². The lowest BCUT2D eigenvalue weighted by molar-refractivity contribution is -0.122. The molecule has 1 N–H and O–H groups in total. The van der Waals surface area contributed by atoms with E-state index in [1.165, 1.54) is 0 Å². The maximum atomic E-state index is 12.2. The Bertz CT molecular complexity index is 771. The highest BCUT2D eigenvalue weighted by Gasteiger charge is 2.21. The van der Waals surface area contributed by atoms with Gasteiger partial charge in [0.2, 0.25) is 5.91 Å². The predicted molar refractivity (Wildman–Crippen MR) is 110 cm³/mol. The van der Waals surface area contributed by atoms with Gasteiger partial charge < -0.3 is 14.6 Å². The van der Waals surface area contributed by atoms with Crippen LogP contribution in [0.1, 0.15) is 55.0 Å². The van der Waals surface area contributed by atoms with Gasteiger partial charge in [0.15, 0.2) is 0 Å². The van der Waals surface area contributed by atoms with Crippen LogP contribution in [-0.4, -0.2) is 46.8 Å². The van der Waals surface area contributed by atoms with Crippen molar-refractivity contribution >= 4 is 5.91 Å². The summed E-state index contributed by atoms with van der Waals surface area (Å²) in [6.07, 6.45) is 3.42. The van der Waals surface area contributed by atoms with Crippen molar-refractivity contribution in [2.75, 3.05) is 26.2 Å². The third kappa shape index (κ3) is 5.71. The molecule has 6 nitrogen and oxygen atoms in total. The molecule has 0 spiro atoms. The Hall–Kier alpha value is -2.08. The third-order valence-electron chi connectivity index (χ3n) is 5.82. The van der Waals surface area contributed by atoms with E-state index in [0.717, 1.165) is 68.3 Å². The molecule has 1 atom stereocenters. The number of nitrogens with one attached hydrogen (secondary N) is 1. The monoisotopic (exact) mass is 386 g/mol. The van der Waals surface area contributed by atoms with Crippen LogP contribution in [0, 0.1) is 26.7 Å². The Morgan fingerprint density at radius 1 is 1.29 bits per heavy atom. The van der Waals surface area contributed by atoms with Gasteiger partial charge in [-0.3, -0.25) is 9.48 Å². The highest BCUT2D eigenvalue weighted by Crippen LogP contribution is 2.23. The van der Waals surface area contributed by atoms with Crippen LogP contribution >= 0.6 is 0 Å². The lowest BCUT2D eigenvalue weighted by Gasteiger charge is -2.32. The fraction of sp³-hybridized carbons (Fsp3) is 0.636. The summed E-state index contributed by atoms with van der Waals surface area (Å²) in [5.74, 6) is 3.17. The molecule has 1 unspecified atom stereocenters. The Kier molecular flexibility index (Phi) is 6.94. The number of rotatable bonds is 8. The number of nitrogens with zero attached hydrogens (tertiary/aromatic N) is 3. The molecule has 0 aromatic carbocycles. The van der Waals surface area contributed by atoms with Crippen molar-refractivity contribution in [2.24, 2.45) is 5.92 Å². The van der Waals surface area contributed by atoms with Gasteiger partial charge in [-0.15, -0.1) is 0 Å². The fourth-order valence-corrected chi connectivity index (χ4v) is 3.94. The van der Waals surface area contributed by atoms with Crippen LogP contribution in [0.4, 0.5) is 0 Å². The first-order valence-electron chi connectivity index (χ1n) is 10.5. The lowest BCUT2D eigenvalue weighted by atomic mass is 9.96. The molecule has 1 amide bonds. The molecule has 0 aliphatic carbocycles. The van der Waals surface area contributed by atoms with Gasteiger partial charge in [-0.1, -0.05) is 6.92 Å². The highest BCUT2D eigenvalue weighted by atomic mass is 16.3. The number of furan rings is 1. The average Bonchev–Trinajstić information content (AvgIpc) is 3.24. The van der Waals surface area contributed by atoms with Crippen molar-refractivity contribution in [3.05, 3.63) is 41.1 Å². The highest BCUT2D eigenvalue weighted by molar-refractivity contribution is 5.75. The second-order valence-electron chi connectivity index (χ2n) is 8.31. The molecule has 28 heavy (non-hydrogen) atoms. The molecule has 0 saturated carbocycles. The molecule has 0 radical (unpaired) electrons. The van der Waals surface area contributed by atoms with Crippen LogP contribution in [0.3, 0.4) is 0 Å². The number of carbonyl (C=O) groups excluding carboxylic acids is 1. The van der Waals surface area contributed by atoms with Crippen LogP contribution in [0.5, 0.6) is 0 Å². The van der Waals surface area contributed by atoms with Gasteiger partial charge in [-0.2, -0.15) is 5.10 Å². The van der Waals surface area contributed by atoms with Crippen molar-refractivity contribution in [1.29, 1.82) is 0 Å². The van der Waals surface area contributed by atoms with E-state index in [2.05, 4.69) is 28.3 Å². The number of aryl methyl sites for hydroxylation is 3. The zero-order chi connectivity index (χ0) is 20.1. The molecule has 0 bridgehead atoms. The molecule has 1 saturated heterocycles. The second kappa shape index (κ2) is 9.41. The normalized spacial score (nSPS) is 17.0. The van der Waals surface area contributed by atoms with Crippen molar-refractivity contribution in [3.63, 3.8) is 0 Å². The summed E-state index contributed by atoms with van der Waals surface area (Å²) < 4.78 is 7.52. The zero-order valence-corrected chi connectivity index (χ0v) is 17.7. The van der Waals surface area contributed by atoms with E-state index in [4.69, 9.17) is 4.42 Å². The molecular formula is C22H34N4O2. The number of carbonyl (C=O) groups is 1. The number of hydrogen-bond acceptors (Lipinski definition) is 4. The lowest BCUT2D eigenvalue weighted by Crippen LogP contribution is -2.40. The van der Waals surface area contributed by atoms with Crippen LogP contribution in [0.15, 0.2) is 22.6 Å². The van der Waals surface area contributed by atoms with Gasteiger partial charge in [0.1, 0.15) is 18.1 Å². The maximum absolute atomic E-state index is 12.2. The largest absolute Gasteiger partial charge is 0.466 e. The minimum absolute atomic E-state index is 0.0520. The quantitative estimate of drug-likeness (QED) is 0.755. The molecule has 1 fully saturated rings. The Morgan fingerprint density at radius 2 is 2.04 bits per heavy atom. The number of hydrogen-bond donors (Lipinski definition) is 1. The summed E-state index contributed by atoms with van der Waals surface area (Å²) in [5.41, 5.74) is 1.98. The van der Waals surface area contributed by atoms with E-state index in [0.29, 0.717) is 18.4 Å². The first-order chi connectivity index (χ1) is 13.4. The Labute approximate surface area is 168 Å². The molecule has 2 aromatic heterocycles. The van der Waals surface area contributed by atoms with Gasteiger partial charge in [-0.05, 0) is 83.8 Å². The van der Waals surface area contributed by atoms with Crippen LogP contribution in [-0.2, 0) is 11.3 Å². The summed E-state index contributed by atoms with van der Waals surface area (Å²) in [4.78, 5) is 14.7. The molecule has 1 aliphatic rings. The van der Waals surface area contributed by atoms with E-state index in [9.17, 15) is 4.79 Å². The number of piperidine rings is 1. The summed E-state index contributed by atoms with van der Waals surface area (Å²) in [6, 6.07) is 6.14. The number of aromatic nitrogens is 2. The maximum Gasteiger partial charge on any atom is 0.241 e. The van der Waals surface area contributed by atoms with Gasteiger partial charge in [0, 0.05) is 18.2 Å². The van der Waals surface area contributed by atoms with Gasteiger partial charge in [0.25, 0.3) is 0 Å². The molecule has 3 heterocycles. The first kappa shape index (κ1) is 20.6. The zero-order valence-electron chi connectivity index (χ0n) is 17.7. The number of likely N-dealkylation sites (tertiary alicyclic amines) is 1. The standard InChI is InChI=1S/C22H34N4O2/c1-16(21-6-5-19(4)28-21)7-10-25-11-8-20(9-12-25)14-23-22(27)15-26-18(3)13-17(2)24-26/h5-6,13,16,20H,7-12,14-15H2,1-4H3,(H,23,27). The van der Waals surface area contributed by atoms with E-state index in [1.54, 1.807) is 4.68 Å². The van der Waals surface area contributed by atoms with Gasteiger partial charge in [0.05, 0.1) is 5.69 Å². The molecule has 3 rings (SSSR count). The van der Waals surface area contributed by atoms with Crippen molar-refractivity contribution < 1.29 is 9.21 Å². The third-order valence-corrected chi connectivity index (χ3v) is 5.82. The fourth-order valence-electron chi connectivity index (χ4n) is 3.94. The molecule has 154 valence electrons. The Balaban J connectivity index is 1.32. The summed E-state index contributed by atoms with van der Waals surface area (Å²) in [7, 11) is 0. The van der Waals surface area contributed by atoms with E-state index < -0.39 is 0 Å². The first-order valence-corrected chi connectivity index (χ1v) is 10.5. The molecule has 1 aliphatic heterocycles. The topological polar surface area (TPSA) is 63.3 Å². The summed E-state index contributed by atoms with van der Waals surface area (Å²) in [5, 5.41) is 7.45. The van der Waals surface area contributed by atoms with Gasteiger partial charge in [-0.25, -0.2) is 0 Å². The van der Waals surface area contributed by atoms with Crippen molar-refractivity contribution in [1.82, 2.24) is 20.0 Å². The van der Waals surface area contributed by atoms with Crippen molar-refractivity contribution in [3.8, 4) is 0 Å². The minimum atomic E-state index is 0.0520. The van der Waals surface area contributed by atoms with E-state index in [1.807, 2.05) is 32.9 Å². The smallest absolute Gasteiger partial charge is 0.241 e. The summed E-state index contributed by atoms with van der Waals surface area (Å²) >= 11 is 0. The second-order valence-corrected chi connectivity index (χ2v) is 8.31. The molecule has 2 aromatic rings. The van der Waals surface area contributed by atoms with Crippen molar-refractivity contribution in [2.45, 2.75) is 59.4 Å². The van der Waals surface area contributed by atoms with Gasteiger partial charge >= 0.3 is 0 Å².